The summed E-state index contributed by atoms with van der Waals surface area (Å²) >= 11 is 4.61. The number of nitriles is 1. The van der Waals surface area contributed by atoms with Gasteiger partial charge in [0.2, 0.25) is 5.78 Å². The van der Waals surface area contributed by atoms with E-state index in [0.29, 0.717) is 5.56 Å². The monoisotopic (exact) mass is 299 g/mol. The first-order valence-corrected chi connectivity index (χ1v) is 6.26. The Morgan fingerprint density at radius 1 is 1.62 bits per heavy atom. The predicted molar refractivity (Wildman–Crippen MR) is 66.5 cm³/mol. The molecule has 1 aromatic rings. The van der Waals surface area contributed by atoms with E-state index in [1.807, 2.05) is 0 Å². The fourth-order valence-electron chi connectivity index (χ4n) is 1.09. The number of hydrogen-bond acceptors (Lipinski definition) is 4. The third kappa shape index (κ3) is 2.71. The van der Waals surface area contributed by atoms with Gasteiger partial charge in [-0.3, -0.25) is 4.79 Å². The second-order valence-corrected chi connectivity index (χ2v) is 5.79. The summed E-state index contributed by atoms with van der Waals surface area (Å²) in [7, 11) is 0. The quantitative estimate of drug-likeness (QED) is 0.401. The number of rotatable bonds is 3. The van der Waals surface area contributed by atoms with Gasteiger partial charge in [-0.05, 0) is 22.0 Å². The van der Waals surface area contributed by atoms with E-state index >= 15 is 0 Å². The Bertz CT molecular complexity index is 482. The molecule has 0 unspecified atom stereocenters. The lowest BCUT2D eigenvalue weighted by atomic mass is 10.0. The summed E-state index contributed by atoms with van der Waals surface area (Å²) in [5, 5.41) is 20.2. The number of ketones is 1. The lowest BCUT2D eigenvalue weighted by Crippen LogP contribution is -2.07. The topological polar surface area (TPSA) is 61.1 Å². The molecule has 3 nitrogen and oxygen atoms in total. The zero-order chi connectivity index (χ0) is 12.3. The lowest BCUT2D eigenvalue weighted by Gasteiger charge is -2.05. The molecule has 0 radical (unpaired) electrons. The van der Waals surface area contributed by atoms with Gasteiger partial charge in [-0.25, -0.2) is 0 Å². The van der Waals surface area contributed by atoms with Crippen LogP contribution in [0.4, 0.5) is 0 Å². The number of carbonyl (C=O) groups excluding carboxylic acids is 1. The molecule has 84 valence electrons. The minimum absolute atomic E-state index is 0.158. The van der Waals surface area contributed by atoms with Gasteiger partial charge in [0, 0.05) is 16.9 Å². The zero-order valence-corrected chi connectivity index (χ0v) is 11.2. The van der Waals surface area contributed by atoms with Crippen molar-refractivity contribution in [1.82, 2.24) is 0 Å². The van der Waals surface area contributed by atoms with Crippen molar-refractivity contribution in [1.29, 1.82) is 5.26 Å². The van der Waals surface area contributed by atoms with E-state index < -0.39 is 5.78 Å². The highest BCUT2D eigenvalue weighted by molar-refractivity contribution is 9.11. The molecule has 0 saturated carbocycles. The van der Waals surface area contributed by atoms with Crippen molar-refractivity contribution in [3.63, 3.8) is 0 Å². The highest BCUT2D eigenvalue weighted by Gasteiger charge is 2.19. The summed E-state index contributed by atoms with van der Waals surface area (Å²) < 4.78 is 0.817. The van der Waals surface area contributed by atoms with E-state index in [0.717, 1.165) is 3.79 Å². The van der Waals surface area contributed by atoms with Crippen molar-refractivity contribution in [2.24, 2.45) is 5.92 Å². The summed E-state index contributed by atoms with van der Waals surface area (Å²) in [6.45, 7) is 3.45. The molecule has 0 bridgehead atoms. The molecule has 1 N–H and O–H groups in total. The molecule has 0 aromatic carbocycles. The van der Waals surface area contributed by atoms with Gasteiger partial charge in [0.05, 0.1) is 3.79 Å². The van der Waals surface area contributed by atoms with E-state index in [1.165, 1.54) is 11.3 Å². The maximum Gasteiger partial charge on any atom is 0.207 e. The van der Waals surface area contributed by atoms with E-state index in [1.54, 1.807) is 31.4 Å². The average molecular weight is 300 g/mol. The Morgan fingerprint density at radius 2 is 2.25 bits per heavy atom. The third-order valence-electron chi connectivity index (χ3n) is 1.97. The van der Waals surface area contributed by atoms with Crippen molar-refractivity contribution < 1.29 is 9.90 Å². The smallest absolute Gasteiger partial charge is 0.207 e. The van der Waals surface area contributed by atoms with Crippen LogP contribution in [0, 0.1) is 17.2 Å². The van der Waals surface area contributed by atoms with Crippen LogP contribution in [-0.4, -0.2) is 10.9 Å². The third-order valence-corrected chi connectivity index (χ3v) is 3.48. The number of hydrogen-bond donors (Lipinski definition) is 1. The highest BCUT2D eigenvalue weighted by atomic mass is 79.9. The van der Waals surface area contributed by atoms with E-state index in [-0.39, 0.29) is 17.3 Å². The van der Waals surface area contributed by atoms with Crippen LogP contribution in [0.5, 0.6) is 0 Å². The average Bonchev–Trinajstić information content (AvgIpc) is 2.65. The second kappa shape index (κ2) is 5.28. The minimum atomic E-state index is -0.435. The fourth-order valence-corrected chi connectivity index (χ4v) is 2.22. The van der Waals surface area contributed by atoms with Crippen molar-refractivity contribution in [2.45, 2.75) is 13.8 Å². The molecule has 0 amide bonds. The van der Waals surface area contributed by atoms with Crippen LogP contribution < -0.4 is 0 Å². The van der Waals surface area contributed by atoms with Crippen molar-refractivity contribution in [3.8, 4) is 6.07 Å². The van der Waals surface area contributed by atoms with Crippen molar-refractivity contribution in [3.05, 3.63) is 32.1 Å². The van der Waals surface area contributed by atoms with Crippen LogP contribution in [0.25, 0.3) is 0 Å². The fraction of sp³-hybridized carbons (Fsp3) is 0.273. The maximum atomic E-state index is 11.9. The second-order valence-electron chi connectivity index (χ2n) is 3.50. The standard InChI is InChI=1S/C11H10BrNO2S/c1-6(2)10(14)8(4-13)11(15)7-3-9(12)16-5-7/h3,5-6,14H,1-2H3. The number of aliphatic hydroxyl groups is 1. The largest absolute Gasteiger partial charge is 0.511 e. The molecule has 1 heterocycles. The Hall–Kier alpha value is -1.12. The zero-order valence-electron chi connectivity index (χ0n) is 8.82. The van der Waals surface area contributed by atoms with Crippen LogP contribution in [-0.2, 0) is 0 Å². The first-order valence-electron chi connectivity index (χ1n) is 4.59. The van der Waals surface area contributed by atoms with E-state index in [2.05, 4.69) is 15.9 Å². The summed E-state index contributed by atoms with van der Waals surface area (Å²) in [6.07, 6.45) is 0. The molecule has 1 rings (SSSR count). The normalized spacial score (nSPS) is 12.2. The Morgan fingerprint density at radius 3 is 2.62 bits per heavy atom. The summed E-state index contributed by atoms with van der Waals surface area (Å²) in [4.78, 5) is 11.9. The summed E-state index contributed by atoms with van der Waals surface area (Å²) in [5.41, 5.74) is 0.237. The minimum Gasteiger partial charge on any atom is -0.511 e. The van der Waals surface area contributed by atoms with Gasteiger partial charge in [0.15, 0.2) is 0 Å². The maximum absolute atomic E-state index is 11.9. The molecule has 0 fully saturated rings. The molecular formula is C11H10BrNO2S. The number of aliphatic hydroxyl groups excluding tert-OH is 1. The first kappa shape index (κ1) is 12.9. The van der Waals surface area contributed by atoms with E-state index in [9.17, 15) is 9.90 Å². The van der Waals surface area contributed by atoms with Crippen LogP contribution in [0.15, 0.2) is 26.6 Å². The van der Waals surface area contributed by atoms with Gasteiger partial charge in [-0.1, -0.05) is 13.8 Å². The Labute approximate surface area is 106 Å². The Kier molecular flexibility index (Phi) is 4.27. The molecule has 0 spiro atoms. The molecule has 0 atom stereocenters. The van der Waals surface area contributed by atoms with Crippen LogP contribution in [0.1, 0.15) is 24.2 Å². The summed E-state index contributed by atoms with van der Waals surface area (Å²) in [5.74, 6) is -0.828. The molecule has 1 aromatic heterocycles. The molecular weight excluding hydrogens is 290 g/mol. The van der Waals surface area contributed by atoms with Gasteiger partial charge in [-0.2, -0.15) is 5.26 Å². The van der Waals surface area contributed by atoms with Crippen LogP contribution in [0.2, 0.25) is 0 Å². The number of thiophene rings is 1. The molecule has 5 heteroatoms. The number of Topliss-reactive ketones (excluding diaryl/α,β-unsaturated/α-hetero) is 1. The SMILES string of the molecule is CC(C)C(O)=C(C#N)C(=O)c1csc(Br)c1. The van der Waals surface area contributed by atoms with Gasteiger partial charge < -0.3 is 5.11 Å². The number of allylic oxidation sites excluding steroid dienone is 2. The van der Waals surface area contributed by atoms with Crippen molar-refractivity contribution >= 4 is 33.0 Å². The van der Waals surface area contributed by atoms with Gasteiger partial charge >= 0.3 is 0 Å². The van der Waals surface area contributed by atoms with Gasteiger partial charge in [0.25, 0.3) is 0 Å². The van der Waals surface area contributed by atoms with Gasteiger partial charge in [0.1, 0.15) is 17.4 Å². The molecule has 16 heavy (non-hydrogen) atoms. The van der Waals surface area contributed by atoms with Crippen molar-refractivity contribution in [2.75, 3.05) is 0 Å². The lowest BCUT2D eigenvalue weighted by molar-refractivity contribution is 0.103. The molecule has 0 aliphatic heterocycles. The highest BCUT2D eigenvalue weighted by Crippen LogP contribution is 2.24. The van der Waals surface area contributed by atoms with Gasteiger partial charge in [-0.15, -0.1) is 11.3 Å². The van der Waals surface area contributed by atoms with Crippen LogP contribution >= 0.6 is 27.3 Å². The molecule has 0 saturated heterocycles. The molecule has 0 aliphatic rings. The predicted octanol–water partition coefficient (Wildman–Crippen LogP) is 3.68. The summed E-state index contributed by atoms with van der Waals surface area (Å²) in [6, 6.07) is 3.40. The Balaban J connectivity index is 3.14. The number of halogens is 1. The molecule has 0 aliphatic carbocycles. The van der Waals surface area contributed by atoms with E-state index in [4.69, 9.17) is 5.26 Å². The van der Waals surface area contributed by atoms with Crippen LogP contribution in [0.3, 0.4) is 0 Å². The first-order chi connectivity index (χ1) is 7.47. The number of nitrogens with zero attached hydrogens (tertiary/aromatic N) is 1. The number of carbonyl (C=O) groups is 1.